The first kappa shape index (κ1) is 12.5. The summed E-state index contributed by atoms with van der Waals surface area (Å²) in [5.74, 6) is 0.688. The fourth-order valence-electron chi connectivity index (χ4n) is 2.02. The van der Waals surface area contributed by atoms with E-state index in [1.807, 2.05) is 12.1 Å². The second-order valence-electron chi connectivity index (χ2n) is 3.99. The Kier molecular flexibility index (Phi) is 5.06. The Morgan fingerprint density at radius 3 is 2.80 bits per heavy atom. The van der Waals surface area contributed by atoms with E-state index in [1.165, 1.54) is 6.42 Å². The maximum atomic E-state index is 13.2. The fraction of sp³-hybridized carbons (Fsp3) is 0.500. The van der Waals surface area contributed by atoms with Gasteiger partial charge in [-0.2, -0.15) is 0 Å². The molecule has 0 saturated carbocycles. The number of rotatable bonds is 3. The van der Waals surface area contributed by atoms with Crippen LogP contribution in [0.2, 0.25) is 0 Å². The van der Waals surface area contributed by atoms with Gasteiger partial charge in [0.2, 0.25) is 0 Å². The minimum Gasteiger partial charge on any atom is -0.316 e. The van der Waals surface area contributed by atoms with Gasteiger partial charge in [0.05, 0.1) is 0 Å². The zero-order chi connectivity index (χ0) is 9.80. The van der Waals surface area contributed by atoms with Crippen molar-refractivity contribution >= 4 is 12.4 Å². The van der Waals surface area contributed by atoms with Crippen molar-refractivity contribution in [3.05, 3.63) is 35.6 Å². The van der Waals surface area contributed by atoms with E-state index in [9.17, 15) is 4.39 Å². The number of aryl methyl sites for hydroxylation is 1. The smallest absolute Gasteiger partial charge is 0.126 e. The topological polar surface area (TPSA) is 12.0 Å². The molecule has 1 heterocycles. The van der Waals surface area contributed by atoms with Crippen LogP contribution in [-0.2, 0) is 6.42 Å². The molecule has 1 N–H and O–H groups in total. The van der Waals surface area contributed by atoms with Crippen LogP contribution in [0.15, 0.2) is 24.3 Å². The number of benzene rings is 1. The molecular weight excluding hydrogens is 213 g/mol. The van der Waals surface area contributed by atoms with E-state index in [4.69, 9.17) is 0 Å². The monoisotopic (exact) mass is 229 g/mol. The Hall–Kier alpha value is -0.600. The van der Waals surface area contributed by atoms with Crippen LogP contribution in [0.5, 0.6) is 0 Å². The number of halogens is 2. The molecule has 3 heteroatoms. The van der Waals surface area contributed by atoms with Gasteiger partial charge in [-0.25, -0.2) is 4.39 Å². The molecule has 0 aromatic heterocycles. The summed E-state index contributed by atoms with van der Waals surface area (Å²) >= 11 is 0. The molecule has 1 aliphatic heterocycles. The molecule has 1 aromatic carbocycles. The van der Waals surface area contributed by atoms with Crippen molar-refractivity contribution in [3.63, 3.8) is 0 Å². The Morgan fingerprint density at radius 2 is 2.13 bits per heavy atom. The molecule has 84 valence electrons. The number of nitrogens with one attached hydrogen (secondary N) is 1. The van der Waals surface area contributed by atoms with Crippen LogP contribution in [0.1, 0.15) is 18.4 Å². The van der Waals surface area contributed by atoms with Gasteiger partial charge in [0.25, 0.3) is 0 Å². The van der Waals surface area contributed by atoms with E-state index < -0.39 is 0 Å². The van der Waals surface area contributed by atoms with Crippen molar-refractivity contribution in [2.75, 3.05) is 13.1 Å². The van der Waals surface area contributed by atoms with Crippen molar-refractivity contribution < 1.29 is 4.39 Å². The molecule has 0 aliphatic carbocycles. The van der Waals surface area contributed by atoms with Crippen molar-refractivity contribution in [3.8, 4) is 0 Å². The summed E-state index contributed by atoms with van der Waals surface area (Å²) in [6.45, 7) is 2.23. The van der Waals surface area contributed by atoms with Crippen LogP contribution in [0.3, 0.4) is 0 Å². The zero-order valence-electron chi connectivity index (χ0n) is 8.71. The maximum absolute atomic E-state index is 13.2. The van der Waals surface area contributed by atoms with Gasteiger partial charge in [-0.15, -0.1) is 12.4 Å². The average Bonchev–Trinajstić information content (AvgIpc) is 2.69. The number of hydrogen-bond donors (Lipinski definition) is 1. The van der Waals surface area contributed by atoms with E-state index >= 15 is 0 Å². The highest BCUT2D eigenvalue weighted by molar-refractivity contribution is 5.85. The summed E-state index contributed by atoms with van der Waals surface area (Å²) in [6.07, 6.45) is 3.22. The molecule has 1 saturated heterocycles. The molecule has 1 unspecified atom stereocenters. The van der Waals surface area contributed by atoms with Crippen molar-refractivity contribution in [2.24, 2.45) is 5.92 Å². The second-order valence-corrected chi connectivity index (χ2v) is 3.99. The molecule has 0 bridgehead atoms. The molecular formula is C12H17ClFN. The van der Waals surface area contributed by atoms with Crippen molar-refractivity contribution in [1.29, 1.82) is 0 Å². The largest absolute Gasteiger partial charge is 0.316 e. The SMILES string of the molecule is Cl.Fc1ccccc1CCC1CCNC1. The van der Waals surface area contributed by atoms with Gasteiger partial charge < -0.3 is 5.32 Å². The van der Waals surface area contributed by atoms with Crippen LogP contribution in [-0.4, -0.2) is 13.1 Å². The van der Waals surface area contributed by atoms with Gasteiger partial charge in [-0.1, -0.05) is 18.2 Å². The summed E-state index contributed by atoms with van der Waals surface area (Å²) in [7, 11) is 0. The third-order valence-corrected chi connectivity index (χ3v) is 2.94. The van der Waals surface area contributed by atoms with Gasteiger partial charge >= 0.3 is 0 Å². The highest BCUT2D eigenvalue weighted by atomic mass is 35.5. The van der Waals surface area contributed by atoms with Gasteiger partial charge in [-0.05, 0) is 49.9 Å². The van der Waals surface area contributed by atoms with E-state index in [-0.39, 0.29) is 18.2 Å². The van der Waals surface area contributed by atoms with Crippen LogP contribution in [0.4, 0.5) is 4.39 Å². The van der Waals surface area contributed by atoms with E-state index in [0.717, 1.165) is 37.4 Å². The first-order valence-corrected chi connectivity index (χ1v) is 5.30. The first-order chi connectivity index (χ1) is 6.86. The molecule has 0 radical (unpaired) electrons. The van der Waals surface area contributed by atoms with Crippen LogP contribution in [0.25, 0.3) is 0 Å². The minimum absolute atomic E-state index is 0. The van der Waals surface area contributed by atoms with E-state index in [2.05, 4.69) is 5.32 Å². The zero-order valence-corrected chi connectivity index (χ0v) is 9.52. The first-order valence-electron chi connectivity index (χ1n) is 5.30. The van der Waals surface area contributed by atoms with Crippen LogP contribution >= 0.6 is 12.4 Å². The molecule has 0 spiro atoms. The Balaban J connectivity index is 0.00000112. The minimum atomic E-state index is -0.0570. The quantitative estimate of drug-likeness (QED) is 0.841. The lowest BCUT2D eigenvalue weighted by Crippen LogP contribution is -2.09. The Labute approximate surface area is 96.5 Å². The summed E-state index contributed by atoms with van der Waals surface area (Å²) in [5.41, 5.74) is 0.861. The summed E-state index contributed by atoms with van der Waals surface area (Å²) in [4.78, 5) is 0. The molecule has 2 rings (SSSR count). The molecule has 15 heavy (non-hydrogen) atoms. The lowest BCUT2D eigenvalue weighted by molar-refractivity contribution is 0.520. The van der Waals surface area contributed by atoms with Crippen molar-refractivity contribution in [2.45, 2.75) is 19.3 Å². The fourth-order valence-corrected chi connectivity index (χ4v) is 2.02. The third kappa shape index (κ3) is 3.47. The van der Waals surface area contributed by atoms with Gasteiger partial charge in [-0.3, -0.25) is 0 Å². The molecule has 1 nitrogen and oxygen atoms in total. The standard InChI is InChI=1S/C12H16FN.ClH/c13-12-4-2-1-3-11(12)6-5-10-7-8-14-9-10;/h1-4,10,14H,5-9H2;1H. The second kappa shape index (κ2) is 6.09. The van der Waals surface area contributed by atoms with Gasteiger partial charge in [0, 0.05) is 0 Å². The lowest BCUT2D eigenvalue weighted by atomic mass is 9.99. The highest BCUT2D eigenvalue weighted by Crippen LogP contribution is 2.17. The van der Waals surface area contributed by atoms with Crippen LogP contribution < -0.4 is 5.32 Å². The average molecular weight is 230 g/mol. The predicted octanol–water partition coefficient (Wildman–Crippen LogP) is 2.79. The van der Waals surface area contributed by atoms with E-state index in [1.54, 1.807) is 12.1 Å². The summed E-state index contributed by atoms with van der Waals surface area (Å²) < 4.78 is 13.2. The molecule has 1 atom stereocenters. The van der Waals surface area contributed by atoms with E-state index in [0.29, 0.717) is 0 Å². The lowest BCUT2D eigenvalue weighted by Gasteiger charge is -2.08. The third-order valence-electron chi connectivity index (χ3n) is 2.94. The maximum Gasteiger partial charge on any atom is 0.126 e. The van der Waals surface area contributed by atoms with Gasteiger partial charge in [0.15, 0.2) is 0 Å². The molecule has 1 aliphatic rings. The molecule has 1 fully saturated rings. The molecule has 0 amide bonds. The Bertz CT molecular complexity index is 297. The predicted molar refractivity (Wildman–Crippen MR) is 62.9 cm³/mol. The Morgan fingerprint density at radius 1 is 1.33 bits per heavy atom. The highest BCUT2D eigenvalue weighted by Gasteiger charge is 2.14. The van der Waals surface area contributed by atoms with Crippen molar-refractivity contribution in [1.82, 2.24) is 5.32 Å². The normalized spacial score (nSPS) is 19.9. The van der Waals surface area contributed by atoms with Crippen LogP contribution in [0, 0.1) is 11.7 Å². The number of hydrogen-bond acceptors (Lipinski definition) is 1. The summed E-state index contributed by atoms with van der Waals surface area (Å²) in [5, 5.41) is 3.33. The van der Waals surface area contributed by atoms with Gasteiger partial charge in [0.1, 0.15) is 5.82 Å². The summed E-state index contributed by atoms with van der Waals surface area (Å²) in [6, 6.07) is 7.08. The molecule has 1 aromatic rings.